The minimum absolute atomic E-state index is 0.0561. The molecule has 0 spiro atoms. The SMILES string of the molecule is Cc1sc2nc([C@@H](C)OC(=O)c3cc(Cl)cc(Cl)c3N)[nH]c(=O)c2c1C. The number of carbonyl (C=O) groups is 1. The van der Waals surface area contributed by atoms with Crippen molar-refractivity contribution >= 4 is 56.4 Å². The van der Waals surface area contributed by atoms with E-state index in [2.05, 4.69) is 9.97 Å². The van der Waals surface area contributed by atoms with Crippen molar-refractivity contribution < 1.29 is 9.53 Å². The zero-order valence-corrected chi connectivity index (χ0v) is 16.5. The van der Waals surface area contributed by atoms with Crippen molar-refractivity contribution in [1.82, 2.24) is 9.97 Å². The van der Waals surface area contributed by atoms with Gasteiger partial charge in [0, 0.05) is 9.90 Å². The number of nitrogen functional groups attached to an aromatic ring is 1. The molecule has 2 aromatic heterocycles. The number of fused-ring (bicyclic) bond motifs is 1. The third-order valence-electron chi connectivity index (χ3n) is 4.04. The molecule has 3 rings (SSSR count). The van der Waals surface area contributed by atoms with Gasteiger partial charge in [0.2, 0.25) is 0 Å². The first-order chi connectivity index (χ1) is 12.2. The van der Waals surface area contributed by atoms with Gasteiger partial charge in [-0.2, -0.15) is 0 Å². The maximum absolute atomic E-state index is 12.4. The molecule has 26 heavy (non-hydrogen) atoms. The molecule has 3 N–H and O–H groups in total. The molecule has 1 atom stereocenters. The molecule has 136 valence electrons. The van der Waals surface area contributed by atoms with E-state index < -0.39 is 12.1 Å². The average Bonchev–Trinajstić information content (AvgIpc) is 2.85. The lowest BCUT2D eigenvalue weighted by atomic mass is 10.2. The number of hydrogen-bond acceptors (Lipinski definition) is 6. The molecule has 0 aliphatic rings. The smallest absolute Gasteiger partial charge is 0.341 e. The van der Waals surface area contributed by atoms with Crippen LogP contribution in [0.25, 0.3) is 10.2 Å². The second-order valence-corrected chi connectivity index (χ2v) is 7.86. The first kappa shape index (κ1) is 18.7. The third-order valence-corrected chi connectivity index (χ3v) is 5.67. The summed E-state index contributed by atoms with van der Waals surface area (Å²) >= 11 is 13.3. The first-order valence-corrected chi connectivity index (χ1v) is 9.21. The highest BCUT2D eigenvalue weighted by molar-refractivity contribution is 7.18. The van der Waals surface area contributed by atoms with Crippen LogP contribution in [-0.2, 0) is 4.74 Å². The number of hydrogen-bond donors (Lipinski definition) is 2. The lowest BCUT2D eigenvalue weighted by molar-refractivity contribution is 0.0321. The molecule has 0 saturated heterocycles. The monoisotopic (exact) mass is 411 g/mol. The molecule has 2 heterocycles. The van der Waals surface area contributed by atoms with Gasteiger partial charge in [-0.05, 0) is 38.5 Å². The number of aromatic nitrogens is 2. The van der Waals surface area contributed by atoms with E-state index >= 15 is 0 Å². The second-order valence-electron chi connectivity index (χ2n) is 5.81. The number of ether oxygens (including phenoxy) is 1. The van der Waals surface area contributed by atoms with Crippen molar-refractivity contribution in [1.29, 1.82) is 0 Å². The normalized spacial score (nSPS) is 12.3. The van der Waals surface area contributed by atoms with E-state index in [9.17, 15) is 9.59 Å². The molecular formula is C17H15Cl2N3O3S. The summed E-state index contributed by atoms with van der Waals surface area (Å²) < 4.78 is 5.39. The zero-order valence-electron chi connectivity index (χ0n) is 14.1. The molecule has 0 fully saturated rings. The van der Waals surface area contributed by atoms with Crippen LogP contribution in [0.1, 0.15) is 39.7 Å². The van der Waals surface area contributed by atoms with Crippen molar-refractivity contribution in [2.24, 2.45) is 0 Å². The number of nitrogens with zero attached hydrogens (tertiary/aromatic N) is 1. The summed E-state index contributed by atoms with van der Waals surface area (Å²) in [4.78, 5) is 33.5. The predicted octanol–water partition coefficient (Wildman–Crippen LogP) is 4.41. The van der Waals surface area contributed by atoms with Crippen molar-refractivity contribution in [2.45, 2.75) is 26.9 Å². The van der Waals surface area contributed by atoms with Crippen molar-refractivity contribution in [3.05, 3.63) is 54.4 Å². The molecule has 0 amide bonds. The van der Waals surface area contributed by atoms with E-state index in [0.717, 1.165) is 10.4 Å². The van der Waals surface area contributed by atoms with E-state index in [1.54, 1.807) is 6.92 Å². The Hall–Kier alpha value is -2.09. The summed E-state index contributed by atoms with van der Waals surface area (Å²) in [6, 6.07) is 2.82. The van der Waals surface area contributed by atoms with Crippen molar-refractivity contribution in [2.75, 3.05) is 5.73 Å². The molecule has 6 nitrogen and oxygen atoms in total. The summed E-state index contributed by atoms with van der Waals surface area (Å²) in [6.07, 6.45) is -0.792. The number of H-pyrrole nitrogens is 1. The van der Waals surface area contributed by atoms with Gasteiger partial charge in [0.05, 0.1) is 21.7 Å². The molecule has 0 saturated carbocycles. The quantitative estimate of drug-likeness (QED) is 0.491. The summed E-state index contributed by atoms with van der Waals surface area (Å²) in [7, 11) is 0. The van der Waals surface area contributed by atoms with Gasteiger partial charge in [0.15, 0.2) is 11.9 Å². The maximum Gasteiger partial charge on any atom is 0.341 e. The fraction of sp³-hybridized carbons (Fsp3) is 0.235. The lowest BCUT2D eigenvalue weighted by Crippen LogP contribution is -2.18. The number of aromatic amines is 1. The van der Waals surface area contributed by atoms with Gasteiger partial charge < -0.3 is 15.5 Å². The summed E-state index contributed by atoms with van der Waals surface area (Å²) in [5.74, 6) is -0.454. The number of benzene rings is 1. The lowest BCUT2D eigenvalue weighted by Gasteiger charge is -2.14. The highest BCUT2D eigenvalue weighted by Gasteiger charge is 2.21. The van der Waals surface area contributed by atoms with E-state index in [1.807, 2.05) is 13.8 Å². The van der Waals surface area contributed by atoms with Crippen LogP contribution in [-0.4, -0.2) is 15.9 Å². The number of carbonyl (C=O) groups excluding carboxylic acids is 1. The number of aryl methyl sites for hydroxylation is 2. The van der Waals surface area contributed by atoms with E-state index in [1.165, 1.54) is 23.5 Å². The van der Waals surface area contributed by atoms with Crippen molar-refractivity contribution in [3.8, 4) is 0 Å². The minimum atomic E-state index is -0.792. The molecule has 1 aromatic carbocycles. The van der Waals surface area contributed by atoms with Crippen LogP contribution in [0.2, 0.25) is 10.0 Å². The van der Waals surface area contributed by atoms with E-state index in [4.69, 9.17) is 33.7 Å². The molecule has 0 aliphatic heterocycles. The fourth-order valence-corrected chi connectivity index (χ4v) is 4.03. The molecule has 9 heteroatoms. The topological polar surface area (TPSA) is 98.1 Å². The highest BCUT2D eigenvalue weighted by Crippen LogP contribution is 2.30. The Labute approximate surface area is 162 Å². The molecule has 0 unspecified atom stereocenters. The Morgan fingerprint density at radius 1 is 1.35 bits per heavy atom. The summed E-state index contributed by atoms with van der Waals surface area (Å²) in [5.41, 5.74) is 6.59. The van der Waals surface area contributed by atoms with Crippen LogP contribution in [0.3, 0.4) is 0 Å². The summed E-state index contributed by atoms with van der Waals surface area (Å²) in [6.45, 7) is 5.41. The first-order valence-electron chi connectivity index (χ1n) is 7.64. The minimum Gasteiger partial charge on any atom is -0.451 e. The number of nitrogens with two attached hydrogens (primary N) is 1. The Bertz CT molecular complexity index is 1090. The van der Waals surface area contributed by atoms with Crippen LogP contribution >= 0.6 is 34.5 Å². The molecule has 3 aromatic rings. The fourth-order valence-electron chi connectivity index (χ4n) is 2.50. The Balaban J connectivity index is 1.93. The molecular weight excluding hydrogens is 397 g/mol. The van der Waals surface area contributed by atoms with E-state index in [0.29, 0.717) is 10.2 Å². The predicted molar refractivity (Wildman–Crippen MR) is 104 cm³/mol. The number of halogens is 2. The van der Waals surface area contributed by atoms with Gasteiger partial charge in [-0.1, -0.05) is 23.2 Å². The molecule has 0 aliphatic carbocycles. The van der Waals surface area contributed by atoms with Gasteiger partial charge in [-0.25, -0.2) is 9.78 Å². The van der Waals surface area contributed by atoms with Gasteiger partial charge >= 0.3 is 5.97 Å². The number of rotatable bonds is 3. The molecule has 0 radical (unpaired) electrons. The number of anilines is 1. The highest BCUT2D eigenvalue weighted by atomic mass is 35.5. The van der Waals surface area contributed by atoms with Gasteiger partial charge in [-0.3, -0.25) is 4.79 Å². The Kier molecular flexibility index (Phi) is 4.96. The maximum atomic E-state index is 12.4. The third kappa shape index (κ3) is 3.30. The van der Waals surface area contributed by atoms with E-state index in [-0.39, 0.29) is 32.7 Å². The Morgan fingerprint density at radius 2 is 2.04 bits per heavy atom. The van der Waals surface area contributed by atoms with Crippen LogP contribution in [0.15, 0.2) is 16.9 Å². The largest absolute Gasteiger partial charge is 0.451 e. The van der Waals surface area contributed by atoms with Crippen LogP contribution < -0.4 is 11.3 Å². The molecule has 0 bridgehead atoms. The number of esters is 1. The standard InChI is InChI=1S/C17H15Cl2N3O3S/c1-6-8(3)26-16-12(6)15(23)21-14(22-16)7(2)25-17(24)10-4-9(18)5-11(19)13(10)20/h4-5,7H,20H2,1-3H3,(H,21,22,23)/t7-/m1/s1. The summed E-state index contributed by atoms with van der Waals surface area (Å²) in [5, 5.41) is 0.983. The number of nitrogens with one attached hydrogen (secondary N) is 1. The number of thiophene rings is 1. The van der Waals surface area contributed by atoms with Gasteiger partial charge in [0.25, 0.3) is 5.56 Å². The van der Waals surface area contributed by atoms with Crippen LogP contribution in [0.4, 0.5) is 5.69 Å². The Morgan fingerprint density at radius 3 is 2.73 bits per heavy atom. The zero-order chi connectivity index (χ0) is 19.2. The second kappa shape index (κ2) is 6.90. The van der Waals surface area contributed by atoms with Crippen molar-refractivity contribution in [3.63, 3.8) is 0 Å². The van der Waals surface area contributed by atoms with Gasteiger partial charge in [-0.15, -0.1) is 11.3 Å². The van der Waals surface area contributed by atoms with Crippen LogP contribution in [0, 0.1) is 13.8 Å². The average molecular weight is 412 g/mol. The van der Waals surface area contributed by atoms with Crippen LogP contribution in [0.5, 0.6) is 0 Å². The van der Waals surface area contributed by atoms with Gasteiger partial charge in [0.1, 0.15) is 4.83 Å².